The fourth-order valence-electron chi connectivity index (χ4n) is 3.84. The Morgan fingerprint density at radius 3 is 2.37 bits per heavy atom. The molecule has 1 fully saturated rings. The number of hydrogen-bond donors (Lipinski definition) is 0. The van der Waals surface area contributed by atoms with E-state index >= 15 is 0 Å². The molecule has 3 rings (SSSR count). The van der Waals surface area contributed by atoms with Crippen LogP contribution in [0, 0.1) is 0 Å². The number of ether oxygens (including phenoxy) is 1. The van der Waals surface area contributed by atoms with Crippen LogP contribution >= 0.6 is 0 Å². The molecule has 2 aromatic rings. The molecule has 0 bridgehead atoms. The van der Waals surface area contributed by atoms with E-state index in [4.69, 9.17) is 4.74 Å². The summed E-state index contributed by atoms with van der Waals surface area (Å²) in [5.41, 5.74) is 1.08. The SMILES string of the molecule is CCn1nnn(CCN2CCC(COC)(N(C)c3ccccc3)CC2)c1=O. The molecule has 0 N–H and O–H groups in total. The summed E-state index contributed by atoms with van der Waals surface area (Å²) in [5.74, 6) is 0. The molecule has 0 amide bonds. The van der Waals surface area contributed by atoms with Crippen LogP contribution in [0.2, 0.25) is 0 Å². The van der Waals surface area contributed by atoms with Gasteiger partial charge in [-0.1, -0.05) is 18.2 Å². The molecule has 8 nitrogen and oxygen atoms in total. The van der Waals surface area contributed by atoms with Crippen LogP contribution in [0.25, 0.3) is 0 Å². The van der Waals surface area contributed by atoms with Gasteiger partial charge in [0.15, 0.2) is 0 Å². The van der Waals surface area contributed by atoms with Gasteiger partial charge < -0.3 is 14.5 Å². The molecule has 0 aliphatic carbocycles. The van der Waals surface area contributed by atoms with Crippen LogP contribution in [0.4, 0.5) is 5.69 Å². The van der Waals surface area contributed by atoms with Gasteiger partial charge in [0.25, 0.3) is 0 Å². The van der Waals surface area contributed by atoms with Crippen LogP contribution in [0.1, 0.15) is 19.8 Å². The molecule has 0 spiro atoms. The third-order valence-corrected chi connectivity index (χ3v) is 5.68. The zero-order valence-corrected chi connectivity index (χ0v) is 16.5. The molecule has 0 atom stereocenters. The molecule has 1 saturated heterocycles. The molecule has 0 unspecified atom stereocenters. The number of tetrazole rings is 1. The van der Waals surface area contributed by atoms with Crippen molar-refractivity contribution in [3.63, 3.8) is 0 Å². The number of rotatable bonds is 8. The minimum absolute atomic E-state index is 0.00517. The van der Waals surface area contributed by atoms with E-state index in [1.165, 1.54) is 15.1 Å². The molecular formula is C19H30N6O2. The highest BCUT2D eigenvalue weighted by molar-refractivity contribution is 5.48. The Morgan fingerprint density at radius 2 is 1.78 bits per heavy atom. The van der Waals surface area contributed by atoms with Gasteiger partial charge in [-0.25, -0.2) is 4.79 Å². The Hall–Kier alpha value is -2.19. The van der Waals surface area contributed by atoms with Crippen LogP contribution < -0.4 is 10.6 Å². The number of aromatic nitrogens is 4. The Balaban J connectivity index is 1.61. The predicted molar refractivity (Wildman–Crippen MR) is 105 cm³/mol. The van der Waals surface area contributed by atoms with E-state index in [2.05, 4.69) is 51.5 Å². The molecular weight excluding hydrogens is 344 g/mol. The van der Waals surface area contributed by atoms with Gasteiger partial charge in [0.1, 0.15) is 0 Å². The second kappa shape index (κ2) is 8.67. The molecule has 1 aliphatic rings. The maximum atomic E-state index is 12.1. The summed E-state index contributed by atoms with van der Waals surface area (Å²) in [5, 5.41) is 7.84. The van der Waals surface area contributed by atoms with Gasteiger partial charge in [-0.2, -0.15) is 9.36 Å². The number of methoxy groups -OCH3 is 1. The molecule has 1 aliphatic heterocycles. The zero-order chi connectivity index (χ0) is 19.3. The first kappa shape index (κ1) is 19.6. The van der Waals surface area contributed by atoms with Crippen molar-refractivity contribution in [2.75, 3.05) is 45.3 Å². The van der Waals surface area contributed by atoms with E-state index in [9.17, 15) is 4.79 Å². The molecule has 0 radical (unpaired) electrons. The molecule has 8 heteroatoms. The number of piperidine rings is 1. The largest absolute Gasteiger partial charge is 0.382 e. The van der Waals surface area contributed by atoms with Crippen LogP contribution in [0.5, 0.6) is 0 Å². The van der Waals surface area contributed by atoms with Crippen molar-refractivity contribution in [2.24, 2.45) is 0 Å². The second-order valence-corrected chi connectivity index (χ2v) is 7.19. The fraction of sp³-hybridized carbons (Fsp3) is 0.632. The van der Waals surface area contributed by atoms with Crippen LogP contribution in [0.3, 0.4) is 0 Å². The van der Waals surface area contributed by atoms with Crippen LogP contribution in [-0.4, -0.2) is 70.6 Å². The van der Waals surface area contributed by atoms with Gasteiger partial charge in [0, 0.05) is 46.0 Å². The van der Waals surface area contributed by atoms with Crippen LogP contribution in [-0.2, 0) is 17.8 Å². The van der Waals surface area contributed by atoms with Gasteiger partial charge in [-0.15, -0.1) is 0 Å². The average Bonchev–Trinajstić information content (AvgIpc) is 3.07. The van der Waals surface area contributed by atoms with E-state index in [0.717, 1.165) is 32.5 Å². The standard InChI is InChI=1S/C19H30N6O2/c1-4-24-18(26)25(21-20-24)15-14-23-12-10-19(11-13-23,16-27-3)22(2)17-8-6-5-7-9-17/h5-9H,4,10-16H2,1-3H3. The van der Waals surface area contributed by atoms with Gasteiger partial charge in [0.05, 0.1) is 18.7 Å². The van der Waals surface area contributed by atoms with Gasteiger partial charge in [-0.05, 0) is 42.3 Å². The number of nitrogens with zero attached hydrogens (tertiary/aromatic N) is 6. The average molecular weight is 374 g/mol. The third-order valence-electron chi connectivity index (χ3n) is 5.68. The lowest BCUT2D eigenvalue weighted by Gasteiger charge is -2.48. The Morgan fingerprint density at radius 1 is 1.11 bits per heavy atom. The van der Waals surface area contributed by atoms with Crippen LogP contribution in [0.15, 0.2) is 35.1 Å². The van der Waals surface area contributed by atoms with E-state index in [1.54, 1.807) is 7.11 Å². The summed E-state index contributed by atoms with van der Waals surface area (Å²) in [6.07, 6.45) is 2.03. The highest BCUT2D eigenvalue weighted by Crippen LogP contribution is 2.32. The number of benzene rings is 1. The predicted octanol–water partition coefficient (Wildman–Crippen LogP) is 1.08. The summed E-state index contributed by atoms with van der Waals surface area (Å²) < 4.78 is 8.43. The second-order valence-electron chi connectivity index (χ2n) is 7.19. The Labute approximate surface area is 160 Å². The van der Waals surface area contributed by atoms with Crippen molar-refractivity contribution >= 4 is 5.69 Å². The third kappa shape index (κ3) is 4.22. The zero-order valence-electron chi connectivity index (χ0n) is 16.5. The summed E-state index contributed by atoms with van der Waals surface area (Å²) >= 11 is 0. The quantitative estimate of drug-likeness (QED) is 0.689. The molecule has 1 aromatic carbocycles. The van der Waals surface area contributed by atoms with E-state index in [0.29, 0.717) is 19.7 Å². The first-order chi connectivity index (χ1) is 13.1. The number of para-hydroxylation sites is 1. The van der Waals surface area contributed by atoms with Crippen molar-refractivity contribution in [3.05, 3.63) is 40.8 Å². The summed E-state index contributed by atoms with van der Waals surface area (Å²) in [6, 6.07) is 10.5. The molecule has 0 saturated carbocycles. The van der Waals surface area contributed by atoms with E-state index in [-0.39, 0.29) is 11.2 Å². The summed E-state index contributed by atoms with van der Waals surface area (Å²) in [4.78, 5) is 16.8. The normalized spacial score (nSPS) is 17.1. The highest BCUT2D eigenvalue weighted by Gasteiger charge is 2.38. The smallest absolute Gasteiger partial charge is 0.363 e. The number of aryl methyl sites for hydroxylation is 1. The maximum absolute atomic E-state index is 12.1. The van der Waals surface area contributed by atoms with Crippen molar-refractivity contribution in [3.8, 4) is 0 Å². The van der Waals surface area contributed by atoms with E-state index < -0.39 is 0 Å². The van der Waals surface area contributed by atoms with Crippen molar-refractivity contribution in [1.82, 2.24) is 24.7 Å². The van der Waals surface area contributed by atoms with E-state index in [1.807, 2.05) is 13.0 Å². The lowest BCUT2D eigenvalue weighted by Crippen LogP contribution is -2.57. The minimum atomic E-state index is -0.132. The van der Waals surface area contributed by atoms with Gasteiger partial charge in [0.2, 0.25) is 0 Å². The lowest BCUT2D eigenvalue weighted by atomic mass is 9.86. The molecule has 148 valence electrons. The van der Waals surface area contributed by atoms with Crippen molar-refractivity contribution < 1.29 is 4.74 Å². The number of likely N-dealkylation sites (tertiary alicyclic amines) is 1. The number of hydrogen-bond acceptors (Lipinski definition) is 6. The fourth-order valence-corrected chi connectivity index (χ4v) is 3.84. The minimum Gasteiger partial charge on any atom is -0.382 e. The molecule has 27 heavy (non-hydrogen) atoms. The summed E-state index contributed by atoms with van der Waals surface area (Å²) in [6.45, 7) is 6.47. The first-order valence-electron chi connectivity index (χ1n) is 9.60. The molecule has 2 heterocycles. The Bertz CT molecular complexity index is 764. The Kier molecular flexibility index (Phi) is 6.28. The maximum Gasteiger partial charge on any atom is 0.363 e. The first-order valence-corrected chi connectivity index (χ1v) is 9.60. The van der Waals surface area contributed by atoms with Crippen molar-refractivity contribution in [1.29, 1.82) is 0 Å². The van der Waals surface area contributed by atoms with Gasteiger partial charge >= 0.3 is 5.69 Å². The van der Waals surface area contributed by atoms with Crippen molar-refractivity contribution in [2.45, 2.75) is 38.4 Å². The monoisotopic (exact) mass is 374 g/mol. The molecule has 1 aromatic heterocycles. The number of anilines is 1. The lowest BCUT2D eigenvalue weighted by molar-refractivity contribution is 0.0726. The summed E-state index contributed by atoms with van der Waals surface area (Å²) in [7, 11) is 3.93. The number of likely N-dealkylation sites (N-methyl/N-ethyl adjacent to an activating group) is 1. The van der Waals surface area contributed by atoms with Gasteiger partial charge in [-0.3, -0.25) is 0 Å². The highest BCUT2D eigenvalue weighted by atomic mass is 16.5. The topological polar surface area (TPSA) is 68.4 Å².